The summed E-state index contributed by atoms with van der Waals surface area (Å²) in [6.07, 6.45) is 0. The summed E-state index contributed by atoms with van der Waals surface area (Å²) in [5, 5.41) is 12.4. The standard InChI is InChI=1S/C19H23NO3/c1-13-5-10-16(17(21)11-13)20-18(22)12-23-15-8-6-14(7-9-15)19(2,3)4/h5-11,21H,12H2,1-4H3,(H,20,22). The van der Waals surface area contributed by atoms with Crippen molar-refractivity contribution < 1.29 is 14.6 Å². The molecule has 0 radical (unpaired) electrons. The van der Waals surface area contributed by atoms with E-state index in [9.17, 15) is 9.90 Å². The number of nitrogens with one attached hydrogen (secondary N) is 1. The van der Waals surface area contributed by atoms with Crippen molar-refractivity contribution >= 4 is 11.6 Å². The number of aryl methyl sites for hydroxylation is 1. The van der Waals surface area contributed by atoms with Crippen LogP contribution < -0.4 is 10.1 Å². The second-order valence-electron chi connectivity index (χ2n) is 6.63. The Morgan fingerprint density at radius 3 is 2.35 bits per heavy atom. The molecule has 0 atom stereocenters. The highest BCUT2D eigenvalue weighted by molar-refractivity contribution is 5.93. The van der Waals surface area contributed by atoms with Gasteiger partial charge in [-0.3, -0.25) is 4.79 Å². The third-order valence-electron chi connectivity index (χ3n) is 3.52. The van der Waals surface area contributed by atoms with Gasteiger partial charge in [0.25, 0.3) is 5.91 Å². The zero-order valence-corrected chi connectivity index (χ0v) is 14.0. The van der Waals surface area contributed by atoms with E-state index in [0.717, 1.165) is 5.56 Å². The second-order valence-corrected chi connectivity index (χ2v) is 6.63. The number of phenolic OH excluding ortho intramolecular Hbond substituents is 1. The van der Waals surface area contributed by atoms with Gasteiger partial charge in [-0.2, -0.15) is 0 Å². The topological polar surface area (TPSA) is 58.6 Å². The van der Waals surface area contributed by atoms with E-state index < -0.39 is 0 Å². The molecule has 4 nitrogen and oxygen atoms in total. The van der Waals surface area contributed by atoms with Gasteiger partial charge in [-0.15, -0.1) is 0 Å². The van der Waals surface area contributed by atoms with Gasteiger partial charge in [0.2, 0.25) is 0 Å². The summed E-state index contributed by atoms with van der Waals surface area (Å²) in [6, 6.07) is 12.8. The summed E-state index contributed by atoms with van der Waals surface area (Å²) >= 11 is 0. The molecule has 0 unspecified atom stereocenters. The predicted octanol–water partition coefficient (Wildman–Crippen LogP) is 4.02. The van der Waals surface area contributed by atoms with E-state index in [0.29, 0.717) is 11.4 Å². The third kappa shape index (κ3) is 4.74. The van der Waals surface area contributed by atoms with Crippen LogP contribution >= 0.6 is 0 Å². The van der Waals surface area contributed by atoms with E-state index in [2.05, 4.69) is 26.1 Å². The van der Waals surface area contributed by atoms with Gasteiger partial charge < -0.3 is 15.2 Å². The van der Waals surface area contributed by atoms with E-state index in [-0.39, 0.29) is 23.7 Å². The van der Waals surface area contributed by atoms with Crippen LogP contribution in [-0.2, 0) is 10.2 Å². The fourth-order valence-corrected chi connectivity index (χ4v) is 2.13. The molecule has 1 amide bonds. The Hall–Kier alpha value is -2.49. The number of anilines is 1. The van der Waals surface area contributed by atoms with Crippen LogP contribution in [-0.4, -0.2) is 17.6 Å². The van der Waals surface area contributed by atoms with Crippen LogP contribution in [0.5, 0.6) is 11.5 Å². The third-order valence-corrected chi connectivity index (χ3v) is 3.52. The number of aromatic hydroxyl groups is 1. The van der Waals surface area contributed by atoms with Gasteiger partial charge in [-0.1, -0.05) is 39.0 Å². The Kier molecular flexibility index (Phi) is 4.94. The first kappa shape index (κ1) is 16.9. The number of benzene rings is 2. The molecule has 2 aromatic rings. The molecule has 0 aromatic heterocycles. The lowest BCUT2D eigenvalue weighted by Gasteiger charge is -2.19. The summed E-state index contributed by atoms with van der Waals surface area (Å²) < 4.78 is 5.48. The number of rotatable bonds is 4. The lowest BCUT2D eigenvalue weighted by molar-refractivity contribution is -0.118. The van der Waals surface area contributed by atoms with Gasteiger partial charge in [0.15, 0.2) is 6.61 Å². The van der Waals surface area contributed by atoms with E-state index in [1.54, 1.807) is 12.1 Å². The summed E-state index contributed by atoms with van der Waals surface area (Å²) in [5.41, 5.74) is 2.60. The number of carbonyl (C=O) groups is 1. The molecule has 0 bridgehead atoms. The molecule has 0 heterocycles. The maximum Gasteiger partial charge on any atom is 0.262 e. The predicted molar refractivity (Wildman–Crippen MR) is 92.1 cm³/mol. The minimum atomic E-state index is -0.316. The maximum atomic E-state index is 11.9. The van der Waals surface area contributed by atoms with Crippen LogP contribution in [0.15, 0.2) is 42.5 Å². The van der Waals surface area contributed by atoms with Crippen molar-refractivity contribution in [2.45, 2.75) is 33.1 Å². The summed E-state index contributed by atoms with van der Waals surface area (Å²) in [4.78, 5) is 11.9. The van der Waals surface area contributed by atoms with Gasteiger partial charge in [0.1, 0.15) is 11.5 Å². The van der Waals surface area contributed by atoms with Crippen LogP contribution in [0.25, 0.3) is 0 Å². The Balaban J connectivity index is 1.91. The van der Waals surface area contributed by atoms with Crippen molar-refractivity contribution in [1.82, 2.24) is 0 Å². The molecule has 0 aliphatic carbocycles. The summed E-state index contributed by atoms with van der Waals surface area (Å²) in [6.45, 7) is 8.19. The Bertz CT molecular complexity index is 685. The summed E-state index contributed by atoms with van der Waals surface area (Å²) in [7, 11) is 0. The lowest BCUT2D eigenvalue weighted by atomic mass is 9.87. The van der Waals surface area contributed by atoms with Crippen LogP contribution in [0, 0.1) is 6.92 Å². The van der Waals surface area contributed by atoms with Crippen molar-refractivity contribution in [2.75, 3.05) is 11.9 Å². The van der Waals surface area contributed by atoms with E-state index in [1.807, 2.05) is 37.3 Å². The highest BCUT2D eigenvalue weighted by Crippen LogP contribution is 2.25. The largest absolute Gasteiger partial charge is 0.506 e. The lowest BCUT2D eigenvalue weighted by Crippen LogP contribution is -2.20. The molecule has 2 N–H and O–H groups in total. The molecule has 23 heavy (non-hydrogen) atoms. The average Bonchev–Trinajstić information content (AvgIpc) is 2.47. The molecular formula is C19H23NO3. The minimum Gasteiger partial charge on any atom is -0.506 e. The molecule has 0 saturated heterocycles. The number of hydrogen-bond donors (Lipinski definition) is 2. The number of amides is 1. The molecule has 2 rings (SSSR count). The van der Waals surface area contributed by atoms with Gasteiger partial charge in [0, 0.05) is 0 Å². The molecule has 2 aromatic carbocycles. The number of hydrogen-bond acceptors (Lipinski definition) is 3. The van der Waals surface area contributed by atoms with Crippen molar-refractivity contribution in [1.29, 1.82) is 0 Å². The normalized spacial score (nSPS) is 11.1. The smallest absolute Gasteiger partial charge is 0.262 e. The quantitative estimate of drug-likeness (QED) is 0.838. The number of phenols is 1. The monoisotopic (exact) mass is 313 g/mol. The first-order chi connectivity index (χ1) is 10.8. The molecular weight excluding hydrogens is 290 g/mol. The number of carbonyl (C=O) groups excluding carboxylic acids is 1. The zero-order valence-electron chi connectivity index (χ0n) is 14.0. The minimum absolute atomic E-state index is 0.0490. The fraction of sp³-hybridized carbons (Fsp3) is 0.316. The van der Waals surface area contributed by atoms with Crippen molar-refractivity contribution in [2.24, 2.45) is 0 Å². The van der Waals surface area contributed by atoms with Crippen LogP contribution in [0.3, 0.4) is 0 Å². The highest BCUT2D eigenvalue weighted by atomic mass is 16.5. The molecule has 122 valence electrons. The van der Waals surface area contributed by atoms with Crippen LogP contribution in [0.2, 0.25) is 0 Å². The van der Waals surface area contributed by atoms with Crippen molar-refractivity contribution in [3.05, 3.63) is 53.6 Å². The molecule has 0 aliphatic heterocycles. The van der Waals surface area contributed by atoms with Gasteiger partial charge >= 0.3 is 0 Å². The van der Waals surface area contributed by atoms with E-state index in [1.165, 1.54) is 5.56 Å². The Labute approximate surface area is 137 Å². The molecule has 0 spiro atoms. The van der Waals surface area contributed by atoms with Crippen LogP contribution in [0.4, 0.5) is 5.69 Å². The van der Waals surface area contributed by atoms with Gasteiger partial charge in [-0.05, 0) is 47.7 Å². The Morgan fingerprint density at radius 1 is 1.13 bits per heavy atom. The van der Waals surface area contributed by atoms with Gasteiger partial charge in [0.05, 0.1) is 5.69 Å². The highest BCUT2D eigenvalue weighted by Gasteiger charge is 2.13. The fourth-order valence-electron chi connectivity index (χ4n) is 2.13. The maximum absolute atomic E-state index is 11.9. The molecule has 0 saturated carbocycles. The second kappa shape index (κ2) is 6.73. The molecule has 0 fully saturated rings. The zero-order chi connectivity index (χ0) is 17.0. The Morgan fingerprint density at radius 2 is 1.78 bits per heavy atom. The average molecular weight is 313 g/mol. The van der Waals surface area contributed by atoms with Crippen molar-refractivity contribution in [3.8, 4) is 11.5 Å². The molecule has 4 heteroatoms. The first-order valence-electron chi connectivity index (χ1n) is 7.58. The first-order valence-corrected chi connectivity index (χ1v) is 7.58. The molecule has 0 aliphatic rings. The van der Waals surface area contributed by atoms with E-state index in [4.69, 9.17) is 4.74 Å². The van der Waals surface area contributed by atoms with E-state index >= 15 is 0 Å². The number of ether oxygens (including phenoxy) is 1. The van der Waals surface area contributed by atoms with Crippen LogP contribution in [0.1, 0.15) is 31.9 Å². The summed E-state index contributed by atoms with van der Waals surface area (Å²) in [5.74, 6) is 0.373. The van der Waals surface area contributed by atoms with Gasteiger partial charge in [-0.25, -0.2) is 0 Å². The SMILES string of the molecule is Cc1ccc(NC(=O)COc2ccc(C(C)(C)C)cc2)c(O)c1. The van der Waals surface area contributed by atoms with Crippen molar-refractivity contribution in [3.63, 3.8) is 0 Å².